The fraction of sp³-hybridized carbons (Fsp3) is 0.462. The fourth-order valence-corrected chi connectivity index (χ4v) is 1.93. The molecule has 0 bridgehead atoms. The quantitative estimate of drug-likeness (QED) is 0.809. The summed E-state index contributed by atoms with van der Waals surface area (Å²) in [6.45, 7) is 3.19. The van der Waals surface area contributed by atoms with E-state index in [0.29, 0.717) is 13.1 Å². The summed E-state index contributed by atoms with van der Waals surface area (Å²) in [6, 6.07) is 1.72. The smallest absolute Gasteiger partial charge is 0.315 e. The number of hydrogen-bond donors (Lipinski definition) is 2. The van der Waals surface area contributed by atoms with E-state index in [-0.39, 0.29) is 12.1 Å². The first kappa shape index (κ1) is 14.1. The zero-order chi connectivity index (χ0) is 14.4. The fourth-order valence-electron chi connectivity index (χ4n) is 1.93. The molecule has 2 heterocycles. The number of nitrogens with zero attached hydrogens (tertiary/aromatic N) is 4. The topological polar surface area (TPSA) is 76.8 Å². The van der Waals surface area contributed by atoms with Crippen molar-refractivity contribution in [3.8, 4) is 0 Å². The van der Waals surface area contributed by atoms with Gasteiger partial charge in [0, 0.05) is 38.2 Å². The molecule has 0 spiro atoms. The zero-order valence-corrected chi connectivity index (χ0v) is 11.8. The van der Waals surface area contributed by atoms with Crippen molar-refractivity contribution in [1.29, 1.82) is 0 Å². The van der Waals surface area contributed by atoms with Crippen molar-refractivity contribution < 1.29 is 4.79 Å². The molecule has 0 aliphatic rings. The highest BCUT2D eigenvalue weighted by Gasteiger charge is 2.07. The third-order valence-electron chi connectivity index (χ3n) is 2.86. The minimum absolute atomic E-state index is 0.0216. The van der Waals surface area contributed by atoms with E-state index in [0.717, 1.165) is 12.0 Å². The summed E-state index contributed by atoms with van der Waals surface area (Å²) in [6.07, 6.45) is 8.12. The Kier molecular flexibility index (Phi) is 4.75. The molecule has 0 radical (unpaired) electrons. The van der Waals surface area contributed by atoms with Crippen LogP contribution in [0, 0.1) is 0 Å². The zero-order valence-electron chi connectivity index (χ0n) is 11.8. The number of carbonyl (C=O) groups is 1. The molecule has 0 fully saturated rings. The number of rotatable bonds is 6. The van der Waals surface area contributed by atoms with Gasteiger partial charge in [-0.05, 0) is 25.0 Å². The molecule has 1 unspecified atom stereocenters. The third kappa shape index (κ3) is 4.42. The largest absolute Gasteiger partial charge is 0.338 e. The van der Waals surface area contributed by atoms with Crippen molar-refractivity contribution in [3.05, 3.63) is 36.4 Å². The molecule has 0 saturated carbocycles. The molecule has 7 heteroatoms. The molecule has 2 amide bonds. The third-order valence-corrected chi connectivity index (χ3v) is 2.86. The van der Waals surface area contributed by atoms with Crippen LogP contribution in [0.25, 0.3) is 0 Å². The van der Waals surface area contributed by atoms with Crippen LogP contribution in [0.2, 0.25) is 0 Å². The maximum Gasteiger partial charge on any atom is 0.315 e. The van der Waals surface area contributed by atoms with Crippen LogP contribution in [-0.2, 0) is 20.0 Å². The van der Waals surface area contributed by atoms with Crippen molar-refractivity contribution >= 4 is 6.03 Å². The highest BCUT2D eigenvalue weighted by atomic mass is 16.2. The summed E-state index contributed by atoms with van der Waals surface area (Å²) >= 11 is 0. The van der Waals surface area contributed by atoms with Crippen LogP contribution in [0.3, 0.4) is 0 Å². The standard InChI is InChI=1S/C13H20N6O/c1-11(9-19-7-3-5-15-19)17-13(20)14-6-4-12-8-16-18(2)10-12/h3,5,7-8,10-11H,4,6,9H2,1-2H3,(H2,14,17,20). The summed E-state index contributed by atoms with van der Waals surface area (Å²) in [5, 5.41) is 13.9. The van der Waals surface area contributed by atoms with Crippen LogP contribution in [0.1, 0.15) is 12.5 Å². The van der Waals surface area contributed by atoms with E-state index in [1.807, 2.05) is 32.4 Å². The van der Waals surface area contributed by atoms with Gasteiger partial charge in [0.1, 0.15) is 0 Å². The van der Waals surface area contributed by atoms with Gasteiger partial charge in [0.15, 0.2) is 0 Å². The van der Waals surface area contributed by atoms with E-state index >= 15 is 0 Å². The summed E-state index contributed by atoms with van der Waals surface area (Å²) < 4.78 is 3.54. The van der Waals surface area contributed by atoms with E-state index in [4.69, 9.17) is 0 Å². The van der Waals surface area contributed by atoms with E-state index in [2.05, 4.69) is 20.8 Å². The second kappa shape index (κ2) is 6.74. The second-order valence-electron chi connectivity index (χ2n) is 4.80. The molecule has 0 aliphatic heterocycles. The van der Waals surface area contributed by atoms with Gasteiger partial charge in [-0.15, -0.1) is 0 Å². The first-order valence-corrected chi connectivity index (χ1v) is 6.63. The van der Waals surface area contributed by atoms with Crippen molar-refractivity contribution in [2.45, 2.75) is 25.9 Å². The number of aromatic nitrogens is 4. The van der Waals surface area contributed by atoms with Gasteiger partial charge in [0.25, 0.3) is 0 Å². The molecular weight excluding hydrogens is 256 g/mol. The first-order chi connectivity index (χ1) is 9.63. The lowest BCUT2D eigenvalue weighted by molar-refractivity contribution is 0.236. The SMILES string of the molecule is CC(Cn1cccn1)NC(=O)NCCc1cnn(C)c1. The van der Waals surface area contributed by atoms with E-state index in [1.54, 1.807) is 21.8 Å². The van der Waals surface area contributed by atoms with Crippen LogP contribution >= 0.6 is 0 Å². The number of carbonyl (C=O) groups excluding carboxylic acids is 1. The van der Waals surface area contributed by atoms with Crippen molar-refractivity contribution in [3.63, 3.8) is 0 Å². The number of nitrogens with one attached hydrogen (secondary N) is 2. The molecule has 108 valence electrons. The minimum atomic E-state index is -0.159. The molecule has 2 aromatic heterocycles. The molecule has 2 rings (SSSR count). The molecule has 0 saturated heterocycles. The molecule has 1 atom stereocenters. The number of amides is 2. The minimum Gasteiger partial charge on any atom is -0.338 e. The molecule has 2 N–H and O–H groups in total. The Balaban J connectivity index is 1.64. The summed E-state index contributed by atoms with van der Waals surface area (Å²) in [4.78, 5) is 11.7. The second-order valence-corrected chi connectivity index (χ2v) is 4.80. The predicted molar refractivity (Wildman–Crippen MR) is 75.1 cm³/mol. The first-order valence-electron chi connectivity index (χ1n) is 6.63. The predicted octanol–water partition coefficient (Wildman–Crippen LogP) is 0.547. The lowest BCUT2D eigenvalue weighted by Gasteiger charge is -2.14. The Morgan fingerprint density at radius 1 is 1.45 bits per heavy atom. The van der Waals surface area contributed by atoms with Crippen LogP contribution in [0.15, 0.2) is 30.9 Å². The molecule has 20 heavy (non-hydrogen) atoms. The van der Waals surface area contributed by atoms with Crippen LogP contribution < -0.4 is 10.6 Å². The average Bonchev–Trinajstić information content (AvgIpc) is 3.01. The maximum absolute atomic E-state index is 11.7. The van der Waals surface area contributed by atoms with Crippen molar-refractivity contribution in [2.75, 3.05) is 6.54 Å². The highest BCUT2D eigenvalue weighted by Crippen LogP contribution is 1.96. The van der Waals surface area contributed by atoms with Gasteiger partial charge in [-0.2, -0.15) is 10.2 Å². The Morgan fingerprint density at radius 3 is 2.95 bits per heavy atom. The van der Waals surface area contributed by atoms with Gasteiger partial charge >= 0.3 is 6.03 Å². The summed E-state index contributed by atoms with van der Waals surface area (Å²) in [5.41, 5.74) is 1.11. The molecule has 0 aliphatic carbocycles. The van der Waals surface area contributed by atoms with Gasteiger partial charge in [0.05, 0.1) is 12.7 Å². The Hall–Kier alpha value is -2.31. The number of urea groups is 1. The molecule has 7 nitrogen and oxygen atoms in total. The van der Waals surface area contributed by atoms with Gasteiger partial charge in [-0.1, -0.05) is 0 Å². The number of aryl methyl sites for hydroxylation is 1. The van der Waals surface area contributed by atoms with Crippen molar-refractivity contribution in [2.24, 2.45) is 7.05 Å². The lowest BCUT2D eigenvalue weighted by Crippen LogP contribution is -2.43. The molecule has 0 aromatic carbocycles. The Labute approximate surface area is 118 Å². The van der Waals surface area contributed by atoms with Crippen LogP contribution in [-0.4, -0.2) is 38.2 Å². The van der Waals surface area contributed by atoms with Gasteiger partial charge in [-0.25, -0.2) is 4.79 Å². The van der Waals surface area contributed by atoms with E-state index in [1.165, 1.54) is 0 Å². The van der Waals surface area contributed by atoms with E-state index in [9.17, 15) is 4.79 Å². The Morgan fingerprint density at radius 2 is 2.30 bits per heavy atom. The lowest BCUT2D eigenvalue weighted by atomic mass is 10.2. The Bertz CT molecular complexity index is 533. The monoisotopic (exact) mass is 276 g/mol. The van der Waals surface area contributed by atoms with Gasteiger partial charge in [0.2, 0.25) is 0 Å². The summed E-state index contributed by atoms with van der Waals surface area (Å²) in [5.74, 6) is 0. The maximum atomic E-state index is 11.7. The molecular formula is C13H20N6O. The van der Waals surface area contributed by atoms with Gasteiger partial charge < -0.3 is 10.6 Å². The summed E-state index contributed by atoms with van der Waals surface area (Å²) in [7, 11) is 1.88. The normalized spacial score (nSPS) is 12.1. The van der Waals surface area contributed by atoms with Gasteiger partial charge in [-0.3, -0.25) is 9.36 Å². The van der Waals surface area contributed by atoms with Crippen LogP contribution in [0.5, 0.6) is 0 Å². The molecule has 2 aromatic rings. The van der Waals surface area contributed by atoms with Crippen LogP contribution in [0.4, 0.5) is 4.79 Å². The number of hydrogen-bond acceptors (Lipinski definition) is 3. The average molecular weight is 276 g/mol. The highest BCUT2D eigenvalue weighted by molar-refractivity contribution is 5.74. The van der Waals surface area contributed by atoms with Crippen molar-refractivity contribution in [1.82, 2.24) is 30.2 Å². The van der Waals surface area contributed by atoms with E-state index < -0.39 is 0 Å².